The third kappa shape index (κ3) is 3.41. The lowest BCUT2D eigenvalue weighted by atomic mass is 9.86. The maximum absolute atomic E-state index is 6.54. The van der Waals surface area contributed by atoms with Crippen molar-refractivity contribution in [1.82, 2.24) is 0 Å². The Morgan fingerprint density at radius 3 is 2.52 bits per heavy atom. The van der Waals surface area contributed by atoms with E-state index in [2.05, 4.69) is 47.8 Å². The third-order valence-corrected chi connectivity index (χ3v) is 5.95. The maximum atomic E-state index is 6.54. The van der Waals surface area contributed by atoms with Gasteiger partial charge in [-0.05, 0) is 53.1 Å². The molecule has 1 heterocycles. The molecule has 31 heavy (non-hydrogen) atoms. The minimum absolute atomic E-state index is 0.269. The SMILES string of the molecule is CNc1ccccc1-c1ccc2c(c1)C(c1cccc(Cl)c1)Oc1cccc(OC)c1-2. The fraction of sp³-hybridized carbons (Fsp3) is 0.111. The van der Waals surface area contributed by atoms with Crippen LogP contribution in [0.15, 0.2) is 84.9 Å². The summed E-state index contributed by atoms with van der Waals surface area (Å²) in [4.78, 5) is 0. The minimum atomic E-state index is -0.269. The van der Waals surface area contributed by atoms with Crippen LogP contribution in [0.1, 0.15) is 17.2 Å². The van der Waals surface area contributed by atoms with Crippen molar-refractivity contribution in [2.45, 2.75) is 6.10 Å². The molecule has 0 saturated heterocycles. The van der Waals surface area contributed by atoms with E-state index in [4.69, 9.17) is 21.1 Å². The Kier molecular flexibility index (Phi) is 5.05. The lowest BCUT2D eigenvalue weighted by Crippen LogP contribution is -2.16. The third-order valence-electron chi connectivity index (χ3n) is 5.71. The molecule has 4 aromatic carbocycles. The summed E-state index contributed by atoms with van der Waals surface area (Å²) in [7, 11) is 3.63. The van der Waals surface area contributed by atoms with Crippen molar-refractivity contribution in [3.05, 3.63) is 101 Å². The molecule has 1 aliphatic rings. The van der Waals surface area contributed by atoms with Gasteiger partial charge in [0, 0.05) is 28.9 Å². The molecule has 4 heteroatoms. The molecule has 0 spiro atoms. The van der Waals surface area contributed by atoms with Crippen molar-refractivity contribution in [2.75, 3.05) is 19.5 Å². The number of hydrogen-bond donors (Lipinski definition) is 1. The molecule has 1 N–H and O–H groups in total. The molecule has 5 rings (SSSR count). The smallest absolute Gasteiger partial charge is 0.150 e. The van der Waals surface area contributed by atoms with Gasteiger partial charge in [-0.15, -0.1) is 0 Å². The number of halogens is 1. The molecule has 0 fully saturated rings. The van der Waals surface area contributed by atoms with Gasteiger partial charge in [0.1, 0.15) is 17.6 Å². The summed E-state index contributed by atoms with van der Waals surface area (Å²) in [6.45, 7) is 0. The van der Waals surface area contributed by atoms with Gasteiger partial charge >= 0.3 is 0 Å². The van der Waals surface area contributed by atoms with E-state index in [0.717, 1.165) is 50.6 Å². The highest BCUT2D eigenvalue weighted by molar-refractivity contribution is 6.30. The van der Waals surface area contributed by atoms with Crippen molar-refractivity contribution in [1.29, 1.82) is 0 Å². The Balaban J connectivity index is 1.75. The van der Waals surface area contributed by atoms with Gasteiger partial charge in [0.05, 0.1) is 12.7 Å². The van der Waals surface area contributed by atoms with Gasteiger partial charge in [-0.1, -0.05) is 60.1 Å². The normalized spacial score (nSPS) is 14.2. The van der Waals surface area contributed by atoms with Gasteiger partial charge in [0.25, 0.3) is 0 Å². The van der Waals surface area contributed by atoms with Gasteiger partial charge < -0.3 is 14.8 Å². The molecule has 0 saturated carbocycles. The molecule has 4 aromatic rings. The van der Waals surface area contributed by atoms with Crippen LogP contribution < -0.4 is 14.8 Å². The first-order valence-corrected chi connectivity index (χ1v) is 10.6. The molecule has 1 atom stereocenters. The summed E-state index contributed by atoms with van der Waals surface area (Å²) in [6, 6.07) is 28.6. The number of hydrogen-bond acceptors (Lipinski definition) is 3. The Labute approximate surface area is 187 Å². The number of para-hydroxylation sites is 1. The van der Waals surface area contributed by atoms with Gasteiger partial charge in [-0.2, -0.15) is 0 Å². The number of ether oxygens (including phenoxy) is 2. The molecule has 0 radical (unpaired) electrons. The molecule has 3 nitrogen and oxygen atoms in total. The van der Waals surface area contributed by atoms with Crippen molar-refractivity contribution >= 4 is 17.3 Å². The summed E-state index contributed by atoms with van der Waals surface area (Å²) >= 11 is 6.32. The second kappa shape index (κ2) is 8.01. The Bertz CT molecular complexity index is 1270. The van der Waals surface area contributed by atoms with E-state index in [1.807, 2.05) is 49.5 Å². The lowest BCUT2D eigenvalue weighted by molar-refractivity contribution is 0.242. The summed E-state index contributed by atoms with van der Waals surface area (Å²) in [5.74, 6) is 1.60. The topological polar surface area (TPSA) is 30.5 Å². The summed E-state index contributed by atoms with van der Waals surface area (Å²) in [6.07, 6.45) is -0.269. The number of rotatable bonds is 4. The monoisotopic (exact) mass is 427 g/mol. The molecule has 154 valence electrons. The predicted octanol–water partition coefficient (Wildman–Crippen LogP) is 7.21. The standard InChI is InChI=1S/C27H22ClNO2/c1-29-23-10-4-3-9-20(23)17-13-14-21-22(16-17)27(18-7-5-8-19(28)15-18)31-25-12-6-11-24(30-2)26(21)25/h3-16,27,29H,1-2H3. The van der Waals surface area contributed by atoms with Crippen LogP contribution in [0.25, 0.3) is 22.3 Å². The number of benzene rings is 4. The van der Waals surface area contributed by atoms with Crippen LogP contribution in [0.3, 0.4) is 0 Å². The van der Waals surface area contributed by atoms with Gasteiger partial charge in [-0.3, -0.25) is 0 Å². The average molecular weight is 428 g/mol. The number of methoxy groups -OCH3 is 1. The van der Waals surface area contributed by atoms with Crippen LogP contribution in [-0.4, -0.2) is 14.2 Å². The van der Waals surface area contributed by atoms with Crippen LogP contribution >= 0.6 is 11.6 Å². The zero-order valence-electron chi connectivity index (χ0n) is 17.4. The van der Waals surface area contributed by atoms with E-state index in [1.54, 1.807) is 7.11 Å². The van der Waals surface area contributed by atoms with Crippen LogP contribution in [0.4, 0.5) is 5.69 Å². The molecule has 0 amide bonds. The summed E-state index contributed by atoms with van der Waals surface area (Å²) < 4.78 is 12.2. The van der Waals surface area contributed by atoms with Crippen molar-refractivity contribution in [3.63, 3.8) is 0 Å². The highest BCUT2D eigenvalue weighted by atomic mass is 35.5. The fourth-order valence-corrected chi connectivity index (χ4v) is 4.48. The minimum Gasteiger partial charge on any atom is -0.496 e. The van der Waals surface area contributed by atoms with E-state index < -0.39 is 0 Å². The van der Waals surface area contributed by atoms with Crippen molar-refractivity contribution in [2.24, 2.45) is 0 Å². The van der Waals surface area contributed by atoms with Crippen LogP contribution in [0.5, 0.6) is 11.5 Å². The second-order valence-electron chi connectivity index (χ2n) is 7.48. The van der Waals surface area contributed by atoms with E-state index >= 15 is 0 Å². The Morgan fingerprint density at radius 2 is 1.71 bits per heavy atom. The second-order valence-corrected chi connectivity index (χ2v) is 7.92. The van der Waals surface area contributed by atoms with Crippen LogP contribution in [0.2, 0.25) is 5.02 Å². The fourth-order valence-electron chi connectivity index (χ4n) is 4.28. The average Bonchev–Trinajstić information content (AvgIpc) is 2.82. The Morgan fingerprint density at radius 1 is 0.871 bits per heavy atom. The first-order chi connectivity index (χ1) is 15.2. The van der Waals surface area contributed by atoms with E-state index in [-0.39, 0.29) is 6.10 Å². The molecule has 1 unspecified atom stereocenters. The van der Waals surface area contributed by atoms with Crippen molar-refractivity contribution < 1.29 is 9.47 Å². The number of nitrogens with one attached hydrogen (secondary N) is 1. The lowest BCUT2D eigenvalue weighted by Gasteiger charge is -2.31. The molecular formula is C27H22ClNO2. The van der Waals surface area contributed by atoms with E-state index in [0.29, 0.717) is 5.02 Å². The highest BCUT2D eigenvalue weighted by Crippen LogP contribution is 2.50. The molecule has 1 aliphatic heterocycles. The zero-order valence-corrected chi connectivity index (χ0v) is 18.1. The highest BCUT2D eigenvalue weighted by Gasteiger charge is 2.30. The van der Waals surface area contributed by atoms with E-state index in [9.17, 15) is 0 Å². The molecule has 0 aromatic heterocycles. The van der Waals surface area contributed by atoms with Crippen molar-refractivity contribution in [3.8, 4) is 33.8 Å². The van der Waals surface area contributed by atoms with Gasteiger partial charge in [-0.25, -0.2) is 0 Å². The maximum Gasteiger partial charge on any atom is 0.150 e. The summed E-state index contributed by atoms with van der Waals surface area (Å²) in [5, 5.41) is 3.98. The largest absolute Gasteiger partial charge is 0.496 e. The molecule has 0 aliphatic carbocycles. The van der Waals surface area contributed by atoms with Gasteiger partial charge in [0.15, 0.2) is 0 Å². The molecule has 0 bridgehead atoms. The first-order valence-electron chi connectivity index (χ1n) is 10.2. The quantitative estimate of drug-likeness (QED) is 0.373. The predicted molar refractivity (Wildman–Crippen MR) is 127 cm³/mol. The van der Waals surface area contributed by atoms with E-state index in [1.165, 1.54) is 0 Å². The number of anilines is 1. The zero-order chi connectivity index (χ0) is 21.4. The van der Waals surface area contributed by atoms with Crippen LogP contribution in [0, 0.1) is 0 Å². The molecular weight excluding hydrogens is 406 g/mol. The number of fused-ring (bicyclic) bond motifs is 3. The van der Waals surface area contributed by atoms with Crippen LogP contribution in [-0.2, 0) is 0 Å². The summed E-state index contributed by atoms with van der Waals surface area (Å²) in [5.41, 5.74) is 7.53. The first kappa shape index (κ1) is 19.5. The van der Waals surface area contributed by atoms with Gasteiger partial charge in [0.2, 0.25) is 0 Å². The Hall–Kier alpha value is -3.43.